The number of carbonyl (C=O) groups excluding carboxylic acids is 1. The second kappa shape index (κ2) is 8.90. The van der Waals surface area contributed by atoms with Gasteiger partial charge in [-0.3, -0.25) is 4.79 Å². The lowest BCUT2D eigenvalue weighted by atomic mass is 10.1. The van der Waals surface area contributed by atoms with Crippen LogP contribution < -0.4 is 4.90 Å². The molecule has 1 aromatic carbocycles. The third-order valence-electron chi connectivity index (χ3n) is 5.53. The zero-order valence-electron chi connectivity index (χ0n) is 17.8. The molecule has 1 fully saturated rings. The third kappa shape index (κ3) is 4.38. The lowest BCUT2D eigenvalue weighted by Crippen LogP contribution is -2.49. The fourth-order valence-electron chi connectivity index (χ4n) is 3.81. The maximum atomic E-state index is 13.3. The van der Waals surface area contributed by atoms with E-state index < -0.39 is 11.9 Å². The van der Waals surface area contributed by atoms with Crippen molar-refractivity contribution in [1.82, 2.24) is 24.6 Å². The Morgan fingerprint density at radius 3 is 2.26 bits per heavy atom. The van der Waals surface area contributed by atoms with Crippen molar-refractivity contribution in [2.45, 2.75) is 6.18 Å². The molecule has 1 aliphatic heterocycles. The molecule has 4 heterocycles. The number of halogens is 3. The van der Waals surface area contributed by atoms with Gasteiger partial charge in [-0.25, -0.2) is 14.6 Å². The second-order valence-electron chi connectivity index (χ2n) is 7.68. The van der Waals surface area contributed by atoms with Crippen molar-refractivity contribution in [2.24, 2.45) is 0 Å². The van der Waals surface area contributed by atoms with Crippen LogP contribution >= 0.6 is 11.3 Å². The highest BCUT2D eigenvalue weighted by molar-refractivity contribution is 7.13. The molecule has 0 radical (unpaired) electrons. The summed E-state index contributed by atoms with van der Waals surface area (Å²) in [6.45, 7) is 2.28. The first-order chi connectivity index (χ1) is 16.4. The fraction of sp³-hybridized carbons (Fsp3) is 0.217. The zero-order chi connectivity index (χ0) is 23.7. The van der Waals surface area contributed by atoms with E-state index in [9.17, 15) is 18.0 Å². The van der Waals surface area contributed by atoms with Gasteiger partial charge in [0.15, 0.2) is 5.69 Å². The lowest BCUT2D eigenvalue weighted by Gasteiger charge is -2.34. The first-order valence-electron chi connectivity index (χ1n) is 10.5. The highest BCUT2D eigenvalue weighted by atomic mass is 32.1. The van der Waals surface area contributed by atoms with Crippen molar-refractivity contribution in [2.75, 3.05) is 31.1 Å². The molecule has 4 aromatic rings. The summed E-state index contributed by atoms with van der Waals surface area (Å²) in [7, 11) is 0. The Bertz CT molecular complexity index is 1260. The third-order valence-corrected chi connectivity index (χ3v) is 6.43. The van der Waals surface area contributed by atoms with E-state index in [1.165, 1.54) is 16.0 Å². The molecule has 5 rings (SSSR count). The Balaban J connectivity index is 1.33. The monoisotopic (exact) mass is 484 g/mol. The van der Waals surface area contributed by atoms with E-state index in [2.05, 4.69) is 15.1 Å². The number of piperazine rings is 1. The number of rotatable bonds is 4. The molecule has 0 unspecified atom stereocenters. The van der Waals surface area contributed by atoms with Gasteiger partial charge in [-0.05, 0) is 47.8 Å². The zero-order valence-corrected chi connectivity index (χ0v) is 18.6. The van der Waals surface area contributed by atoms with Crippen LogP contribution in [0.4, 0.5) is 19.1 Å². The highest BCUT2D eigenvalue weighted by Gasteiger charge is 2.35. The van der Waals surface area contributed by atoms with Crippen LogP contribution in [0.15, 0.2) is 66.3 Å². The molecule has 174 valence electrons. The van der Waals surface area contributed by atoms with E-state index in [0.717, 1.165) is 6.07 Å². The molecule has 34 heavy (non-hydrogen) atoms. The molecule has 0 N–H and O–H groups in total. The summed E-state index contributed by atoms with van der Waals surface area (Å²) in [5.41, 5.74) is 0.299. The second-order valence-corrected chi connectivity index (χ2v) is 8.62. The predicted octanol–water partition coefficient (Wildman–Crippen LogP) is 4.37. The maximum absolute atomic E-state index is 13.3. The first-order valence-corrected chi connectivity index (χ1v) is 11.4. The highest BCUT2D eigenvalue weighted by Crippen LogP contribution is 2.34. The normalized spacial score (nSPS) is 14.4. The van der Waals surface area contributed by atoms with Gasteiger partial charge in [-0.1, -0.05) is 6.07 Å². The molecular formula is C23H19F3N6OS. The van der Waals surface area contributed by atoms with Crippen LogP contribution in [-0.2, 0) is 6.18 Å². The SMILES string of the molecule is O=C(c1ccc(-n2nc(C(F)(F)F)cc2-c2cccs2)cc1)N1CCN(c2ncccn2)CC1. The number of thiophene rings is 1. The van der Waals surface area contributed by atoms with Gasteiger partial charge in [-0.2, -0.15) is 18.3 Å². The predicted molar refractivity (Wildman–Crippen MR) is 122 cm³/mol. The summed E-state index contributed by atoms with van der Waals surface area (Å²) in [4.78, 5) is 25.9. The number of anilines is 1. The Labute approximate surface area is 197 Å². The minimum absolute atomic E-state index is 0.130. The molecule has 0 spiro atoms. The quantitative estimate of drug-likeness (QED) is 0.430. The topological polar surface area (TPSA) is 67.2 Å². The van der Waals surface area contributed by atoms with Gasteiger partial charge >= 0.3 is 6.18 Å². The van der Waals surface area contributed by atoms with Crippen LogP contribution in [0.5, 0.6) is 0 Å². The van der Waals surface area contributed by atoms with Crippen LogP contribution in [0.1, 0.15) is 16.1 Å². The van der Waals surface area contributed by atoms with E-state index in [-0.39, 0.29) is 5.91 Å². The molecule has 11 heteroatoms. The van der Waals surface area contributed by atoms with Crippen LogP contribution in [0.3, 0.4) is 0 Å². The first kappa shape index (κ1) is 22.1. The van der Waals surface area contributed by atoms with E-state index in [0.29, 0.717) is 53.9 Å². The van der Waals surface area contributed by atoms with E-state index in [4.69, 9.17) is 0 Å². The number of nitrogens with zero attached hydrogens (tertiary/aromatic N) is 6. The summed E-state index contributed by atoms with van der Waals surface area (Å²) in [6.07, 6.45) is -1.19. The Kier molecular flexibility index (Phi) is 5.78. The average Bonchev–Trinajstić information content (AvgIpc) is 3.54. The van der Waals surface area contributed by atoms with E-state index in [1.807, 2.05) is 4.90 Å². The van der Waals surface area contributed by atoms with Gasteiger partial charge < -0.3 is 9.80 Å². The number of amides is 1. The molecule has 1 amide bonds. The minimum Gasteiger partial charge on any atom is -0.337 e. The largest absolute Gasteiger partial charge is 0.435 e. The van der Waals surface area contributed by atoms with Crippen molar-refractivity contribution in [3.05, 3.63) is 77.6 Å². The van der Waals surface area contributed by atoms with Gasteiger partial charge in [0, 0.05) is 44.1 Å². The smallest absolute Gasteiger partial charge is 0.337 e. The fourth-order valence-corrected chi connectivity index (χ4v) is 4.54. The van der Waals surface area contributed by atoms with Crippen molar-refractivity contribution in [3.8, 4) is 16.3 Å². The number of hydrogen-bond acceptors (Lipinski definition) is 6. The molecule has 0 aliphatic carbocycles. The number of benzene rings is 1. The number of aromatic nitrogens is 4. The van der Waals surface area contributed by atoms with Crippen LogP contribution in [-0.4, -0.2) is 56.7 Å². The molecular weight excluding hydrogens is 465 g/mol. The molecule has 1 saturated heterocycles. The average molecular weight is 485 g/mol. The van der Waals surface area contributed by atoms with Crippen LogP contribution in [0.2, 0.25) is 0 Å². The Hall–Kier alpha value is -3.73. The lowest BCUT2D eigenvalue weighted by molar-refractivity contribution is -0.141. The van der Waals surface area contributed by atoms with E-state index >= 15 is 0 Å². The van der Waals surface area contributed by atoms with E-state index in [1.54, 1.807) is 65.1 Å². The van der Waals surface area contributed by atoms with Crippen molar-refractivity contribution in [1.29, 1.82) is 0 Å². The summed E-state index contributed by atoms with van der Waals surface area (Å²) in [6, 6.07) is 12.8. The molecule has 0 saturated carbocycles. The molecule has 1 aliphatic rings. The Morgan fingerprint density at radius 2 is 1.65 bits per heavy atom. The molecule has 0 bridgehead atoms. The van der Waals surface area contributed by atoms with Crippen molar-refractivity contribution in [3.63, 3.8) is 0 Å². The van der Waals surface area contributed by atoms with Crippen molar-refractivity contribution >= 4 is 23.2 Å². The van der Waals surface area contributed by atoms with Crippen LogP contribution in [0.25, 0.3) is 16.3 Å². The van der Waals surface area contributed by atoms with Gasteiger partial charge in [0.2, 0.25) is 5.95 Å². The number of carbonyl (C=O) groups is 1. The number of hydrogen-bond donors (Lipinski definition) is 0. The Morgan fingerprint density at radius 1 is 0.941 bits per heavy atom. The van der Waals surface area contributed by atoms with Crippen molar-refractivity contribution < 1.29 is 18.0 Å². The number of alkyl halides is 3. The summed E-state index contributed by atoms with van der Waals surface area (Å²) in [5, 5.41) is 5.59. The molecule has 3 aromatic heterocycles. The summed E-state index contributed by atoms with van der Waals surface area (Å²) in [5.74, 6) is 0.507. The molecule has 7 nitrogen and oxygen atoms in total. The summed E-state index contributed by atoms with van der Waals surface area (Å²) < 4.78 is 41.2. The maximum Gasteiger partial charge on any atom is 0.435 e. The van der Waals surface area contributed by atoms with Crippen LogP contribution in [0, 0.1) is 0 Å². The van der Waals surface area contributed by atoms with Gasteiger partial charge in [-0.15, -0.1) is 11.3 Å². The molecule has 0 atom stereocenters. The standard InChI is InChI=1S/C23H19F3N6OS/c24-23(25,26)20-15-18(19-3-1-14-34-19)32(29-20)17-6-4-16(5-7-17)21(33)30-10-12-31(13-11-30)22-27-8-2-9-28-22/h1-9,14-15H,10-13H2. The van der Waals surface area contributed by atoms with Gasteiger partial charge in [0.05, 0.1) is 16.3 Å². The summed E-state index contributed by atoms with van der Waals surface area (Å²) >= 11 is 1.33. The van der Waals surface area contributed by atoms with Gasteiger partial charge in [0.25, 0.3) is 5.91 Å². The minimum atomic E-state index is -4.56. The van der Waals surface area contributed by atoms with Gasteiger partial charge in [0.1, 0.15) is 0 Å².